The maximum absolute atomic E-state index is 12.2. The topological polar surface area (TPSA) is 141 Å². The normalized spacial score (nSPS) is 20.8. The Morgan fingerprint density at radius 1 is 1.26 bits per heavy atom. The zero-order chi connectivity index (χ0) is 17.6. The first-order valence-corrected chi connectivity index (χ1v) is 9.24. The molecular formula is C12H12N2O7S2. The third kappa shape index (κ3) is 2.90. The van der Waals surface area contributed by atoms with Crippen molar-refractivity contribution >= 4 is 31.3 Å². The maximum Gasteiger partial charge on any atom is 0.270 e. The molecule has 11 heteroatoms. The van der Waals surface area contributed by atoms with Crippen molar-refractivity contribution < 1.29 is 26.6 Å². The molecule has 0 radical (unpaired) electrons. The molecule has 1 atom stereocenters. The minimum absolute atomic E-state index is 0.0447. The largest absolute Gasteiger partial charge is 0.291 e. The van der Waals surface area contributed by atoms with E-state index in [9.17, 15) is 31.7 Å². The molecule has 0 spiro atoms. The van der Waals surface area contributed by atoms with E-state index in [0.29, 0.717) is 0 Å². The van der Waals surface area contributed by atoms with Crippen LogP contribution >= 0.6 is 0 Å². The van der Waals surface area contributed by atoms with Gasteiger partial charge in [-0.15, -0.1) is 0 Å². The molecular weight excluding hydrogens is 348 g/mol. The van der Waals surface area contributed by atoms with Crippen molar-refractivity contribution in [2.45, 2.75) is 24.1 Å². The second-order valence-electron chi connectivity index (χ2n) is 4.85. The van der Waals surface area contributed by atoms with Crippen LogP contribution in [0.3, 0.4) is 0 Å². The van der Waals surface area contributed by atoms with Gasteiger partial charge in [0.05, 0.1) is 9.82 Å². The molecule has 23 heavy (non-hydrogen) atoms. The van der Waals surface area contributed by atoms with Gasteiger partial charge >= 0.3 is 0 Å². The summed E-state index contributed by atoms with van der Waals surface area (Å²) in [7, 11) is -8.56. The molecule has 0 aromatic heterocycles. The molecule has 0 aliphatic carbocycles. The van der Waals surface area contributed by atoms with E-state index in [-0.39, 0.29) is 10.5 Å². The van der Waals surface area contributed by atoms with Gasteiger partial charge in [0.1, 0.15) is 0 Å². The Kier molecular flexibility index (Phi) is 4.13. The molecule has 9 nitrogen and oxygen atoms in total. The summed E-state index contributed by atoms with van der Waals surface area (Å²) in [6, 6.07) is 4.08. The Hall–Kier alpha value is -2.11. The number of nitrogens with one attached hydrogen (secondary N) is 1. The van der Waals surface area contributed by atoms with Gasteiger partial charge in [-0.05, 0) is 19.9 Å². The molecule has 1 aromatic rings. The van der Waals surface area contributed by atoms with Crippen LogP contribution in [-0.4, -0.2) is 32.9 Å². The van der Waals surface area contributed by atoms with Crippen LogP contribution < -0.4 is 4.72 Å². The number of sulfonamides is 1. The summed E-state index contributed by atoms with van der Waals surface area (Å²) < 4.78 is 50.5. The first-order chi connectivity index (χ1) is 10.5. The van der Waals surface area contributed by atoms with Crippen molar-refractivity contribution in [2.75, 3.05) is 0 Å². The SMILES string of the molecule is CC1=C(C)S(=O)(=O)C(NS(=O)(=O)c2cccc([N+](=O)[O-])c2)C1=O. The van der Waals surface area contributed by atoms with Crippen LogP contribution in [0.2, 0.25) is 0 Å². The summed E-state index contributed by atoms with van der Waals surface area (Å²) in [5, 5.41) is 8.75. The lowest BCUT2D eigenvalue weighted by Gasteiger charge is -2.12. The van der Waals surface area contributed by atoms with Crippen LogP contribution in [-0.2, 0) is 24.7 Å². The fourth-order valence-corrected chi connectivity index (χ4v) is 5.28. The molecule has 124 valence electrons. The number of hydrogen-bond acceptors (Lipinski definition) is 7. The highest BCUT2D eigenvalue weighted by atomic mass is 32.2. The maximum atomic E-state index is 12.2. The molecule has 1 heterocycles. The highest BCUT2D eigenvalue weighted by Crippen LogP contribution is 2.28. The van der Waals surface area contributed by atoms with E-state index in [4.69, 9.17) is 0 Å². The lowest BCUT2D eigenvalue weighted by molar-refractivity contribution is -0.385. The van der Waals surface area contributed by atoms with E-state index in [1.54, 1.807) is 0 Å². The van der Waals surface area contributed by atoms with Crippen LogP contribution in [0.1, 0.15) is 13.8 Å². The van der Waals surface area contributed by atoms with Crippen molar-refractivity contribution in [2.24, 2.45) is 0 Å². The number of sulfone groups is 1. The summed E-state index contributed by atoms with van der Waals surface area (Å²) >= 11 is 0. The Morgan fingerprint density at radius 3 is 2.35 bits per heavy atom. The highest BCUT2D eigenvalue weighted by Gasteiger charge is 2.45. The molecule has 1 aliphatic heterocycles. The summed E-state index contributed by atoms with van der Waals surface area (Å²) in [5.74, 6) is -0.864. The predicted molar refractivity (Wildman–Crippen MR) is 79.5 cm³/mol. The van der Waals surface area contributed by atoms with E-state index in [0.717, 1.165) is 24.3 Å². The second-order valence-corrected chi connectivity index (χ2v) is 8.73. The van der Waals surface area contributed by atoms with E-state index in [1.165, 1.54) is 13.8 Å². The summed E-state index contributed by atoms with van der Waals surface area (Å²) in [6.45, 7) is 2.50. The van der Waals surface area contributed by atoms with Crippen LogP contribution in [0.25, 0.3) is 0 Å². The van der Waals surface area contributed by atoms with E-state index in [2.05, 4.69) is 0 Å². The Balaban J connectivity index is 2.43. The van der Waals surface area contributed by atoms with Gasteiger partial charge in [-0.25, -0.2) is 16.8 Å². The average Bonchev–Trinajstić information content (AvgIpc) is 2.62. The van der Waals surface area contributed by atoms with Gasteiger partial charge in [-0.2, -0.15) is 4.72 Å². The molecule has 1 N–H and O–H groups in total. The number of ketones is 1. The smallest absolute Gasteiger partial charge is 0.270 e. The fourth-order valence-electron chi connectivity index (χ4n) is 1.99. The number of nitrogens with zero attached hydrogens (tertiary/aromatic N) is 1. The third-order valence-electron chi connectivity index (χ3n) is 3.47. The highest BCUT2D eigenvalue weighted by molar-refractivity contribution is 7.98. The molecule has 2 rings (SSSR count). The minimum Gasteiger partial charge on any atom is -0.291 e. The van der Waals surface area contributed by atoms with Gasteiger partial charge in [0.15, 0.2) is 21.0 Å². The van der Waals surface area contributed by atoms with Crippen LogP contribution in [0.4, 0.5) is 5.69 Å². The molecule has 0 amide bonds. The number of nitro benzene ring substituents is 1. The van der Waals surface area contributed by atoms with Gasteiger partial charge < -0.3 is 0 Å². The molecule has 1 aromatic carbocycles. The monoisotopic (exact) mass is 360 g/mol. The number of non-ortho nitro benzene ring substituents is 1. The van der Waals surface area contributed by atoms with Gasteiger partial charge in [0.2, 0.25) is 10.0 Å². The molecule has 0 saturated carbocycles. The zero-order valence-corrected chi connectivity index (χ0v) is 13.6. The average molecular weight is 360 g/mol. The van der Waals surface area contributed by atoms with Crippen molar-refractivity contribution in [1.82, 2.24) is 4.72 Å². The van der Waals surface area contributed by atoms with Gasteiger partial charge in [-0.1, -0.05) is 6.07 Å². The number of hydrogen-bond donors (Lipinski definition) is 1. The van der Waals surface area contributed by atoms with Gasteiger partial charge in [0, 0.05) is 22.6 Å². The lowest BCUT2D eigenvalue weighted by atomic mass is 10.2. The lowest BCUT2D eigenvalue weighted by Crippen LogP contribution is -2.43. The van der Waals surface area contributed by atoms with Crippen molar-refractivity contribution in [1.29, 1.82) is 0 Å². The predicted octanol–water partition coefficient (Wildman–Crippen LogP) is 0.491. The minimum atomic E-state index is -4.43. The van der Waals surface area contributed by atoms with Crippen LogP contribution in [0.5, 0.6) is 0 Å². The standard InChI is InChI=1S/C12H12N2O7S2/c1-7-8(2)22(18,19)12(11(7)15)13-23(20,21)10-5-3-4-9(6-10)14(16)17/h3-6,12-13H,1-2H3. The van der Waals surface area contributed by atoms with Crippen molar-refractivity contribution in [3.05, 3.63) is 44.9 Å². The van der Waals surface area contributed by atoms with Crippen LogP contribution in [0, 0.1) is 10.1 Å². The molecule has 0 fully saturated rings. The number of benzene rings is 1. The van der Waals surface area contributed by atoms with Gasteiger partial charge in [-0.3, -0.25) is 14.9 Å². The third-order valence-corrected chi connectivity index (χ3v) is 7.16. The van der Waals surface area contributed by atoms with E-state index < -0.39 is 46.5 Å². The number of carbonyl (C=O) groups excluding carboxylic acids is 1. The first-order valence-electron chi connectivity index (χ1n) is 6.21. The van der Waals surface area contributed by atoms with Gasteiger partial charge in [0.25, 0.3) is 5.69 Å². The molecule has 1 unspecified atom stereocenters. The fraction of sp³-hybridized carbons (Fsp3) is 0.250. The molecule has 0 saturated heterocycles. The van der Waals surface area contributed by atoms with E-state index >= 15 is 0 Å². The first kappa shape index (κ1) is 17.2. The van der Waals surface area contributed by atoms with Crippen LogP contribution in [0.15, 0.2) is 39.6 Å². The Morgan fingerprint density at radius 2 is 1.87 bits per heavy atom. The number of nitro groups is 1. The number of allylic oxidation sites excluding steroid dienone is 1. The molecule has 1 aliphatic rings. The molecule has 0 bridgehead atoms. The summed E-state index contributed by atoms with van der Waals surface area (Å²) in [5.41, 5.74) is -0.518. The summed E-state index contributed by atoms with van der Waals surface area (Å²) in [6.07, 6.45) is 0. The number of carbonyl (C=O) groups is 1. The van der Waals surface area contributed by atoms with E-state index in [1.807, 2.05) is 4.72 Å². The number of Topliss-reactive ketones (excluding diaryl/α,β-unsaturated/α-hetero) is 1. The Bertz CT molecular complexity index is 945. The second kappa shape index (κ2) is 5.51. The number of rotatable bonds is 4. The van der Waals surface area contributed by atoms with Crippen molar-refractivity contribution in [3.63, 3.8) is 0 Å². The Labute approximate surface area is 132 Å². The quantitative estimate of drug-likeness (QED) is 0.608. The summed E-state index contributed by atoms with van der Waals surface area (Å²) in [4.78, 5) is 21.2. The van der Waals surface area contributed by atoms with Crippen molar-refractivity contribution in [3.8, 4) is 0 Å². The zero-order valence-electron chi connectivity index (χ0n) is 12.0.